The number of hydrogen-bond donors (Lipinski definition) is 5. The molecule has 0 radical (unpaired) electrons. The summed E-state index contributed by atoms with van der Waals surface area (Å²) in [6.07, 6.45) is 0. The molecule has 10 nitrogen and oxygen atoms in total. The van der Waals surface area contributed by atoms with Crippen LogP contribution in [0, 0.1) is 0 Å². The minimum Gasteiger partial charge on any atom is -0.508 e. The molecule has 0 saturated heterocycles. The van der Waals surface area contributed by atoms with Gasteiger partial charge >= 0.3 is 17.9 Å². The Hall–Kier alpha value is -4.73. The summed E-state index contributed by atoms with van der Waals surface area (Å²) in [5, 5.41) is 47.2. The average molecular weight is 426 g/mol. The highest BCUT2D eigenvalue weighted by Crippen LogP contribution is 2.27. The molecule has 3 aromatic carbocycles. The van der Waals surface area contributed by atoms with Crippen LogP contribution < -0.4 is 9.47 Å². The van der Waals surface area contributed by atoms with E-state index in [1.54, 1.807) is 0 Å². The van der Waals surface area contributed by atoms with Crippen LogP contribution in [0.4, 0.5) is 0 Å². The third kappa shape index (κ3) is 5.21. The summed E-state index contributed by atoms with van der Waals surface area (Å²) >= 11 is 0. The molecule has 0 fully saturated rings. The highest BCUT2D eigenvalue weighted by Gasteiger charge is 2.17. The van der Waals surface area contributed by atoms with Crippen molar-refractivity contribution in [2.45, 2.75) is 0 Å². The summed E-state index contributed by atoms with van der Waals surface area (Å²) in [4.78, 5) is 35.9. The number of carboxylic acids is 1. The first-order valence-corrected chi connectivity index (χ1v) is 8.49. The second-order valence-electron chi connectivity index (χ2n) is 6.25. The molecule has 158 valence electrons. The van der Waals surface area contributed by atoms with E-state index in [1.807, 2.05) is 0 Å². The van der Waals surface area contributed by atoms with Crippen molar-refractivity contribution in [1.29, 1.82) is 0 Å². The van der Waals surface area contributed by atoms with Crippen molar-refractivity contribution in [3.8, 4) is 34.5 Å². The number of ether oxygens (including phenoxy) is 2. The quantitative estimate of drug-likeness (QED) is 0.302. The minimum absolute atomic E-state index is 0.216. The molecule has 0 saturated carbocycles. The topological polar surface area (TPSA) is 171 Å². The number of aromatic carboxylic acids is 1. The molecule has 3 rings (SSSR count). The van der Waals surface area contributed by atoms with E-state index in [0.29, 0.717) is 0 Å². The first-order valence-electron chi connectivity index (χ1n) is 8.49. The lowest BCUT2D eigenvalue weighted by Crippen LogP contribution is -2.11. The molecule has 0 bridgehead atoms. The van der Waals surface area contributed by atoms with Gasteiger partial charge in [0.25, 0.3) is 0 Å². The van der Waals surface area contributed by atoms with Crippen molar-refractivity contribution in [2.24, 2.45) is 0 Å². The van der Waals surface area contributed by atoms with Crippen LogP contribution >= 0.6 is 0 Å². The number of carbonyl (C=O) groups is 3. The number of benzene rings is 3. The van der Waals surface area contributed by atoms with Crippen molar-refractivity contribution in [3.63, 3.8) is 0 Å². The van der Waals surface area contributed by atoms with E-state index in [2.05, 4.69) is 0 Å². The fraction of sp³-hybridized carbons (Fsp3) is 0. The molecule has 0 aliphatic rings. The fourth-order valence-corrected chi connectivity index (χ4v) is 2.57. The van der Waals surface area contributed by atoms with E-state index in [0.717, 1.165) is 54.6 Å². The first kappa shape index (κ1) is 21.0. The predicted molar refractivity (Wildman–Crippen MR) is 103 cm³/mol. The highest BCUT2D eigenvalue weighted by atomic mass is 16.5. The van der Waals surface area contributed by atoms with Gasteiger partial charge in [-0.3, -0.25) is 0 Å². The third-order valence-electron chi connectivity index (χ3n) is 3.82. The maximum Gasteiger partial charge on any atom is 0.343 e. The van der Waals surface area contributed by atoms with Crippen molar-refractivity contribution >= 4 is 17.9 Å². The van der Waals surface area contributed by atoms with Gasteiger partial charge in [0.15, 0.2) is 0 Å². The SMILES string of the molecule is O=C(O)c1cc(OC(=O)c2cc(O)cc(O)c2)cc(OC(=O)c2cc(O)cc(O)c2)c1. The number of hydrogen-bond acceptors (Lipinski definition) is 9. The standard InChI is InChI=1S/C21H14O10/c22-13-1-11(2-14(23)7-13)20(28)30-17-5-10(19(26)27)6-18(9-17)31-21(29)12-3-15(24)8-16(25)4-12/h1-9,22-25H,(H,26,27). The zero-order valence-corrected chi connectivity index (χ0v) is 15.5. The number of phenols is 4. The van der Waals surface area contributed by atoms with Crippen LogP contribution in [0.2, 0.25) is 0 Å². The van der Waals surface area contributed by atoms with E-state index in [-0.39, 0.29) is 28.2 Å². The minimum atomic E-state index is -1.40. The van der Waals surface area contributed by atoms with E-state index in [1.165, 1.54) is 0 Å². The van der Waals surface area contributed by atoms with E-state index in [4.69, 9.17) is 9.47 Å². The van der Waals surface area contributed by atoms with Gasteiger partial charge in [-0.2, -0.15) is 0 Å². The maximum atomic E-state index is 12.3. The Balaban J connectivity index is 1.89. The van der Waals surface area contributed by atoms with Crippen LogP contribution in [0.1, 0.15) is 31.1 Å². The number of aromatic hydroxyl groups is 4. The normalized spacial score (nSPS) is 10.3. The molecule has 0 heterocycles. The summed E-state index contributed by atoms with van der Waals surface area (Å²) in [5.74, 6) is -5.62. The summed E-state index contributed by atoms with van der Waals surface area (Å²) in [7, 11) is 0. The number of rotatable bonds is 5. The fourth-order valence-electron chi connectivity index (χ4n) is 2.57. The number of phenolic OH excluding ortho intramolecular Hbond substituents is 4. The Morgan fingerprint density at radius 2 is 0.871 bits per heavy atom. The number of carbonyl (C=O) groups excluding carboxylic acids is 2. The first-order chi connectivity index (χ1) is 14.6. The number of esters is 2. The largest absolute Gasteiger partial charge is 0.508 e. The molecule has 5 N–H and O–H groups in total. The second kappa shape index (κ2) is 8.33. The van der Waals surface area contributed by atoms with Crippen LogP contribution in [0.5, 0.6) is 34.5 Å². The van der Waals surface area contributed by atoms with Gasteiger partial charge in [0.2, 0.25) is 0 Å². The smallest absolute Gasteiger partial charge is 0.343 e. The lowest BCUT2D eigenvalue weighted by Gasteiger charge is -2.10. The molecule has 31 heavy (non-hydrogen) atoms. The van der Waals surface area contributed by atoms with Gasteiger partial charge < -0.3 is 35.0 Å². The molecule has 0 amide bonds. The molecule has 0 aliphatic carbocycles. The molecule has 0 aromatic heterocycles. The molecule has 0 spiro atoms. The third-order valence-corrected chi connectivity index (χ3v) is 3.82. The van der Waals surface area contributed by atoms with Gasteiger partial charge in [0.05, 0.1) is 16.7 Å². The van der Waals surface area contributed by atoms with Crippen LogP contribution in [0.25, 0.3) is 0 Å². The van der Waals surface area contributed by atoms with Gasteiger partial charge in [0.1, 0.15) is 34.5 Å². The summed E-state index contributed by atoms with van der Waals surface area (Å²) < 4.78 is 10.1. The Bertz CT molecular complexity index is 1070. The molecule has 0 aliphatic heterocycles. The molecular weight excluding hydrogens is 412 g/mol. The van der Waals surface area contributed by atoms with Crippen molar-refractivity contribution < 1.29 is 49.4 Å². The van der Waals surface area contributed by atoms with Gasteiger partial charge in [-0.25, -0.2) is 14.4 Å². The second-order valence-corrected chi connectivity index (χ2v) is 6.25. The van der Waals surface area contributed by atoms with E-state index in [9.17, 15) is 39.9 Å². The van der Waals surface area contributed by atoms with Gasteiger partial charge in [-0.1, -0.05) is 0 Å². The van der Waals surface area contributed by atoms with Crippen LogP contribution in [0.15, 0.2) is 54.6 Å². The Kier molecular flexibility index (Phi) is 5.64. The van der Waals surface area contributed by atoms with Gasteiger partial charge in [-0.05, 0) is 36.4 Å². The Morgan fingerprint density at radius 3 is 1.19 bits per heavy atom. The molecule has 3 aromatic rings. The van der Waals surface area contributed by atoms with E-state index >= 15 is 0 Å². The van der Waals surface area contributed by atoms with Crippen LogP contribution in [-0.4, -0.2) is 43.4 Å². The van der Waals surface area contributed by atoms with Gasteiger partial charge in [-0.15, -0.1) is 0 Å². The average Bonchev–Trinajstić information content (AvgIpc) is 2.66. The zero-order chi connectivity index (χ0) is 22.7. The molecule has 10 heteroatoms. The summed E-state index contributed by atoms with van der Waals surface area (Å²) in [6.45, 7) is 0. The van der Waals surface area contributed by atoms with Crippen LogP contribution in [0.3, 0.4) is 0 Å². The summed E-state index contributed by atoms with van der Waals surface area (Å²) in [5.41, 5.74) is -0.801. The Labute approximate surface area is 173 Å². The lowest BCUT2D eigenvalue weighted by molar-refractivity contribution is 0.0680. The van der Waals surface area contributed by atoms with Crippen molar-refractivity contribution in [2.75, 3.05) is 0 Å². The Morgan fingerprint density at radius 1 is 0.516 bits per heavy atom. The highest BCUT2D eigenvalue weighted by molar-refractivity contribution is 5.94. The molecule has 0 unspecified atom stereocenters. The van der Waals surface area contributed by atoms with Crippen molar-refractivity contribution in [3.05, 3.63) is 71.3 Å². The van der Waals surface area contributed by atoms with Gasteiger partial charge in [0, 0.05) is 18.2 Å². The van der Waals surface area contributed by atoms with Crippen molar-refractivity contribution in [1.82, 2.24) is 0 Å². The van der Waals surface area contributed by atoms with E-state index < -0.39 is 40.9 Å². The molecule has 0 atom stereocenters. The molecular formula is C21H14O10. The summed E-state index contributed by atoms with van der Waals surface area (Å²) in [6, 6.07) is 9.17. The lowest BCUT2D eigenvalue weighted by atomic mass is 10.2. The predicted octanol–water partition coefficient (Wildman–Crippen LogP) is 2.65. The van der Waals surface area contributed by atoms with Crippen LogP contribution in [-0.2, 0) is 0 Å². The number of carboxylic acid groups (broad SMARTS) is 1. The zero-order valence-electron chi connectivity index (χ0n) is 15.5. The monoisotopic (exact) mass is 426 g/mol. The maximum absolute atomic E-state index is 12.3.